The van der Waals surface area contributed by atoms with Crippen LogP contribution in [0.2, 0.25) is 0 Å². The highest BCUT2D eigenvalue weighted by atomic mass is 79.9. The van der Waals surface area contributed by atoms with Crippen LogP contribution in [0.5, 0.6) is 0 Å². The first-order valence-corrected chi connectivity index (χ1v) is 16.5. The highest BCUT2D eigenvalue weighted by molar-refractivity contribution is 9.11. The number of aromatic nitrogens is 6. The van der Waals surface area contributed by atoms with Gasteiger partial charge >= 0.3 is 12.8 Å². The number of hydrogen-bond donors (Lipinski definition) is 2. The average Bonchev–Trinajstić information content (AvgIpc) is 3.74. The Morgan fingerprint density at radius 1 is 0.708 bits per heavy atom. The van der Waals surface area contributed by atoms with Crippen LogP contribution in [0.3, 0.4) is 0 Å². The second kappa shape index (κ2) is 14.2. The minimum absolute atomic E-state index is 0.0341. The summed E-state index contributed by atoms with van der Waals surface area (Å²) in [4.78, 5) is 42.6. The lowest BCUT2D eigenvalue weighted by molar-refractivity contribution is -0.386. The largest absolute Gasteiger partial charge is 0.496 e. The van der Waals surface area contributed by atoms with Gasteiger partial charge in [0.15, 0.2) is 0 Å². The third kappa shape index (κ3) is 7.78. The Balaban J connectivity index is 0.000000146. The van der Waals surface area contributed by atoms with Gasteiger partial charge in [0.05, 0.1) is 31.1 Å². The minimum atomic E-state index is -0.497. The van der Waals surface area contributed by atoms with Gasteiger partial charge in [-0.05, 0) is 112 Å². The van der Waals surface area contributed by atoms with E-state index in [2.05, 4.69) is 111 Å². The molecule has 1 fully saturated rings. The number of halogens is 3. The Labute approximate surface area is 298 Å². The van der Waals surface area contributed by atoms with Crippen molar-refractivity contribution in [2.24, 2.45) is 0 Å². The lowest BCUT2D eigenvalue weighted by atomic mass is 9.80. The summed E-state index contributed by atoms with van der Waals surface area (Å²) in [5, 5.41) is 23.3. The highest BCUT2D eigenvalue weighted by Crippen LogP contribution is 2.36. The molecule has 0 aliphatic carbocycles. The molecule has 0 radical (unpaired) electrons. The number of nitrogens with zero attached hydrogens (tertiary/aromatic N) is 6. The number of aromatic amines is 2. The zero-order valence-corrected chi connectivity index (χ0v) is 30.5. The van der Waals surface area contributed by atoms with Gasteiger partial charge in [-0.2, -0.15) is 0 Å². The maximum atomic E-state index is 11.0. The molecule has 18 heteroatoms. The van der Waals surface area contributed by atoms with Gasteiger partial charge in [-0.25, -0.2) is 19.9 Å². The van der Waals surface area contributed by atoms with Crippen LogP contribution >= 0.6 is 47.8 Å². The second-order valence-electron chi connectivity index (χ2n) is 11.4. The summed E-state index contributed by atoms with van der Waals surface area (Å²) < 4.78 is 13.5. The molecule has 0 amide bonds. The standard InChI is InChI=1S/C13H17BN2O2.C12H7BrN4O2.C5H2Br2N2O2/c1-12(2)13(3,4)18-14(17-12)10-7-9-5-6-15-11(9)16-8-10;13-11-4-9(10(6-15-11)17(18)19)8-3-7-1-2-14-12(7)16-5-8;6-3-1-5(7)8-2-4(3)9(10)11/h5-8H,1-4H3,(H,15,16);1-6H,(H,14,16);1-2H. The number of nitro groups is 2. The van der Waals surface area contributed by atoms with E-state index in [4.69, 9.17) is 9.31 Å². The van der Waals surface area contributed by atoms with E-state index in [-0.39, 0.29) is 29.7 Å². The topological polar surface area (TPSA) is 188 Å². The molecular weight excluding hydrogens is 819 g/mol. The maximum absolute atomic E-state index is 11.0. The normalized spacial score (nSPS) is 14.6. The highest BCUT2D eigenvalue weighted by Gasteiger charge is 2.51. The van der Waals surface area contributed by atoms with Crippen molar-refractivity contribution in [3.05, 3.63) is 107 Å². The van der Waals surface area contributed by atoms with Crippen LogP contribution in [0.1, 0.15) is 27.7 Å². The quantitative estimate of drug-likeness (QED) is 0.0772. The van der Waals surface area contributed by atoms with Gasteiger partial charge in [-0.3, -0.25) is 20.2 Å². The smallest absolute Gasteiger partial charge is 0.399 e. The van der Waals surface area contributed by atoms with E-state index in [0.717, 1.165) is 27.5 Å². The van der Waals surface area contributed by atoms with Crippen molar-refractivity contribution in [3.63, 3.8) is 0 Å². The Kier molecular flexibility index (Phi) is 10.4. The van der Waals surface area contributed by atoms with Crippen LogP contribution < -0.4 is 5.46 Å². The first-order valence-electron chi connectivity index (χ1n) is 14.1. The number of nitrogens with one attached hydrogen (secondary N) is 2. The first kappa shape index (κ1) is 35.2. The summed E-state index contributed by atoms with van der Waals surface area (Å²) in [7, 11) is -0.346. The number of hydrogen-bond acceptors (Lipinski definition) is 10. The van der Waals surface area contributed by atoms with E-state index in [1.54, 1.807) is 24.7 Å². The van der Waals surface area contributed by atoms with Gasteiger partial charge < -0.3 is 19.3 Å². The molecule has 0 unspecified atom stereocenters. The van der Waals surface area contributed by atoms with Gasteiger partial charge in [0.25, 0.3) is 5.69 Å². The van der Waals surface area contributed by atoms with Crippen LogP contribution in [0.4, 0.5) is 11.4 Å². The third-order valence-electron chi connectivity index (χ3n) is 7.70. The Hall–Kier alpha value is -4.10. The lowest BCUT2D eigenvalue weighted by Crippen LogP contribution is -2.41. The Morgan fingerprint density at radius 3 is 1.79 bits per heavy atom. The molecule has 2 N–H and O–H groups in total. The predicted molar refractivity (Wildman–Crippen MR) is 192 cm³/mol. The molecule has 0 atom stereocenters. The number of pyridine rings is 4. The molecule has 7 rings (SSSR count). The first-order chi connectivity index (χ1) is 22.6. The van der Waals surface area contributed by atoms with E-state index in [0.29, 0.717) is 24.8 Å². The molecule has 48 heavy (non-hydrogen) atoms. The Morgan fingerprint density at radius 2 is 1.23 bits per heavy atom. The summed E-state index contributed by atoms with van der Waals surface area (Å²) in [6.07, 6.45) is 9.49. The van der Waals surface area contributed by atoms with Crippen LogP contribution in [-0.4, -0.2) is 58.1 Å². The van der Waals surface area contributed by atoms with Gasteiger partial charge in [-0.1, -0.05) is 0 Å². The van der Waals surface area contributed by atoms with Crippen LogP contribution in [0.15, 0.2) is 87.3 Å². The fourth-order valence-electron chi connectivity index (χ4n) is 4.49. The molecule has 1 saturated heterocycles. The van der Waals surface area contributed by atoms with Crippen LogP contribution in [0.25, 0.3) is 33.2 Å². The predicted octanol–water partition coefficient (Wildman–Crippen LogP) is 7.67. The summed E-state index contributed by atoms with van der Waals surface area (Å²) in [5.41, 5.74) is 3.06. The van der Waals surface area contributed by atoms with Gasteiger partial charge in [0.2, 0.25) is 0 Å². The number of H-pyrrole nitrogens is 2. The average molecular weight is 845 g/mol. The van der Waals surface area contributed by atoms with Crippen molar-refractivity contribution in [2.45, 2.75) is 38.9 Å². The number of rotatable bonds is 4. The van der Waals surface area contributed by atoms with Crippen LogP contribution in [-0.2, 0) is 9.31 Å². The summed E-state index contributed by atoms with van der Waals surface area (Å²) in [5.74, 6) is 0. The maximum Gasteiger partial charge on any atom is 0.496 e. The molecule has 1 aliphatic rings. The summed E-state index contributed by atoms with van der Waals surface area (Å²) in [6, 6.07) is 10.9. The van der Waals surface area contributed by atoms with E-state index < -0.39 is 9.85 Å². The molecule has 6 aromatic heterocycles. The molecule has 0 saturated carbocycles. The van der Waals surface area contributed by atoms with E-state index in [1.165, 1.54) is 18.5 Å². The van der Waals surface area contributed by atoms with E-state index in [9.17, 15) is 20.2 Å². The van der Waals surface area contributed by atoms with Crippen molar-refractivity contribution < 1.29 is 19.2 Å². The molecular formula is C30H26BBr3N8O6. The molecule has 246 valence electrons. The molecule has 1 aliphatic heterocycles. The van der Waals surface area contributed by atoms with E-state index in [1.807, 2.05) is 24.4 Å². The monoisotopic (exact) mass is 842 g/mol. The third-order valence-corrected chi connectivity index (χ3v) is 9.20. The summed E-state index contributed by atoms with van der Waals surface area (Å²) in [6.45, 7) is 8.20. The zero-order valence-electron chi connectivity index (χ0n) is 25.8. The molecule has 0 bridgehead atoms. The van der Waals surface area contributed by atoms with Crippen molar-refractivity contribution >= 4 is 93.8 Å². The molecule has 0 aromatic carbocycles. The fourth-order valence-corrected chi connectivity index (χ4v) is 5.92. The van der Waals surface area contributed by atoms with Crippen molar-refractivity contribution in [3.8, 4) is 11.1 Å². The lowest BCUT2D eigenvalue weighted by Gasteiger charge is -2.32. The van der Waals surface area contributed by atoms with Crippen LogP contribution in [0, 0.1) is 20.2 Å². The molecule has 0 spiro atoms. The minimum Gasteiger partial charge on any atom is -0.399 e. The van der Waals surface area contributed by atoms with Gasteiger partial charge in [0.1, 0.15) is 32.9 Å². The van der Waals surface area contributed by atoms with Gasteiger partial charge in [-0.15, -0.1) is 0 Å². The number of fused-ring (bicyclic) bond motifs is 2. The SMILES string of the molecule is CC1(C)OB(c2cnc3[nH]ccc3c2)OC1(C)C.O=[N+]([O-])c1cnc(Br)cc1-c1cnc2[nH]ccc2c1.O=[N+]([O-])c1cnc(Br)cc1Br. The molecule has 7 heterocycles. The summed E-state index contributed by atoms with van der Waals surface area (Å²) >= 11 is 9.34. The van der Waals surface area contributed by atoms with Gasteiger partial charge in [0, 0.05) is 46.6 Å². The Bertz CT molecular complexity index is 2120. The van der Waals surface area contributed by atoms with Crippen molar-refractivity contribution in [1.82, 2.24) is 29.9 Å². The van der Waals surface area contributed by atoms with E-state index >= 15 is 0 Å². The van der Waals surface area contributed by atoms with Crippen molar-refractivity contribution in [2.75, 3.05) is 0 Å². The fraction of sp³-hybridized carbons (Fsp3) is 0.200. The van der Waals surface area contributed by atoms with Crippen molar-refractivity contribution in [1.29, 1.82) is 0 Å². The molecule has 14 nitrogen and oxygen atoms in total. The molecule has 6 aromatic rings. The zero-order chi connectivity index (χ0) is 34.8. The second-order valence-corrected chi connectivity index (χ2v) is 13.9.